The lowest BCUT2D eigenvalue weighted by Gasteiger charge is -2.39. The summed E-state index contributed by atoms with van der Waals surface area (Å²) in [6.45, 7) is 3.99. The smallest absolute Gasteiger partial charge is 0.316 e. The number of aryl methyl sites for hydroxylation is 1. The number of carbonyl (C=O) groups excluding carboxylic acids is 2. The summed E-state index contributed by atoms with van der Waals surface area (Å²) in [6.07, 6.45) is 3.80. The monoisotopic (exact) mass is 524 g/mol. The maximum absolute atomic E-state index is 14.2. The second kappa shape index (κ2) is 9.69. The Kier molecular flexibility index (Phi) is 6.20. The maximum atomic E-state index is 14.2. The number of aromatic nitrogens is 1. The quantitative estimate of drug-likeness (QED) is 0.309. The number of carbonyl (C=O) groups is 2. The number of hydrogen-bond acceptors (Lipinski definition) is 2. The van der Waals surface area contributed by atoms with E-state index in [0.717, 1.165) is 52.3 Å². The fourth-order valence-electron chi connectivity index (χ4n) is 5.30. The molecule has 1 aliphatic heterocycles. The van der Waals surface area contributed by atoms with Crippen molar-refractivity contribution in [3.05, 3.63) is 112 Å². The molecule has 2 aliphatic rings. The van der Waals surface area contributed by atoms with Crippen molar-refractivity contribution in [1.82, 2.24) is 9.47 Å². The molecular weight excluding hydrogens is 496 g/mol. The predicted molar refractivity (Wildman–Crippen MR) is 151 cm³/mol. The first-order valence-electron chi connectivity index (χ1n) is 12.9. The van der Waals surface area contributed by atoms with Crippen molar-refractivity contribution in [3.63, 3.8) is 0 Å². The van der Waals surface area contributed by atoms with Crippen LogP contribution >= 0.6 is 11.6 Å². The van der Waals surface area contributed by atoms with Crippen LogP contribution in [-0.2, 0) is 4.79 Å². The number of halogens is 1. The summed E-state index contributed by atoms with van der Waals surface area (Å²) in [5.41, 5.74) is 6.51. The Bertz CT molecular complexity index is 1540. The van der Waals surface area contributed by atoms with Gasteiger partial charge in [0.1, 0.15) is 12.6 Å². The normalized spacial score (nSPS) is 16.0. The van der Waals surface area contributed by atoms with Gasteiger partial charge in [-0.15, -0.1) is 0 Å². The first-order chi connectivity index (χ1) is 18.4. The number of urea groups is 1. The third kappa shape index (κ3) is 4.35. The summed E-state index contributed by atoms with van der Waals surface area (Å²) in [5.74, 6) is -0.141. The molecule has 3 aromatic carbocycles. The van der Waals surface area contributed by atoms with Crippen LogP contribution in [0.25, 0.3) is 5.69 Å². The molecule has 1 aromatic heterocycles. The molecule has 1 fully saturated rings. The minimum atomic E-state index is -0.380. The molecule has 1 atom stereocenters. The molecule has 192 valence electrons. The number of para-hydroxylation sites is 2. The lowest BCUT2D eigenvalue weighted by atomic mass is 9.97. The highest BCUT2D eigenvalue weighted by Crippen LogP contribution is 2.43. The van der Waals surface area contributed by atoms with E-state index in [1.54, 1.807) is 4.90 Å². The molecule has 0 bridgehead atoms. The first kappa shape index (κ1) is 24.3. The van der Waals surface area contributed by atoms with Gasteiger partial charge >= 0.3 is 6.03 Å². The summed E-state index contributed by atoms with van der Waals surface area (Å²) >= 11 is 6.40. The van der Waals surface area contributed by atoms with Gasteiger partial charge in [-0.1, -0.05) is 48.0 Å². The third-order valence-corrected chi connectivity index (χ3v) is 7.79. The van der Waals surface area contributed by atoms with Gasteiger partial charge in [-0.25, -0.2) is 4.79 Å². The largest absolute Gasteiger partial charge is 0.322 e. The summed E-state index contributed by atoms with van der Waals surface area (Å²) < 4.78 is 2.12. The van der Waals surface area contributed by atoms with E-state index in [1.807, 2.05) is 104 Å². The number of nitrogens with one attached hydrogen (secondary N) is 1. The summed E-state index contributed by atoms with van der Waals surface area (Å²) in [4.78, 5) is 31.3. The lowest BCUT2D eigenvalue weighted by Crippen LogP contribution is -2.48. The van der Waals surface area contributed by atoms with Crippen molar-refractivity contribution in [3.8, 4) is 5.69 Å². The van der Waals surface area contributed by atoms with Crippen LogP contribution < -0.4 is 10.2 Å². The SMILES string of the molecule is Cc1cccc(NC(=O)N(CC(=O)N2c3ccccc3-n3cccc3C2c2cccc(Cl)c2)C2CC2)c1C. The van der Waals surface area contributed by atoms with E-state index in [9.17, 15) is 9.59 Å². The van der Waals surface area contributed by atoms with E-state index < -0.39 is 0 Å². The number of anilines is 2. The van der Waals surface area contributed by atoms with Crippen LogP contribution in [0, 0.1) is 13.8 Å². The number of hydrogen-bond donors (Lipinski definition) is 1. The molecule has 6 nitrogen and oxygen atoms in total. The Balaban J connectivity index is 1.36. The molecular formula is C31H29ClN4O2. The Morgan fingerprint density at radius 1 is 0.947 bits per heavy atom. The molecule has 6 rings (SSSR count). The zero-order chi connectivity index (χ0) is 26.4. The Labute approximate surface area is 227 Å². The van der Waals surface area contributed by atoms with Crippen molar-refractivity contribution in [1.29, 1.82) is 0 Å². The lowest BCUT2D eigenvalue weighted by molar-refractivity contribution is -0.119. The molecule has 1 aliphatic carbocycles. The minimum absolute atomic E-state index is 0.0204. The molecule has 1 unspecified atom stereocenters. The van der Waals surface area contributed by atoms with Gasteiger partial charge in [-0.2, -0.15) is 0 Å². The first-order valence-corrected chi connectivity index (χ1v) is 13.3. The van der Waals surface area contributed by atoms with E-state index in [1.165, 1.54) is 0 Å². The van der Waals surface area contributed by atoms with Crippen LogP contribution in [0.15, 0.2) is 85.1 Å². The van der Waals surface area contributed by atoms with E-state index in [4.69, 9.17) is 11.6 Å². The van der Waals surface area contributed by atoms with E-state index >= 15 is 0 Å². The van der Waals surface area contributed by atoms with Gasteiger partial charge in [0.05, 0.1) is 17.1 Å². The second-order valence-corrected chi connectivity index (χ2v) is 10.5. The third-order valence-electron chi connectivity index (χ3n) is 7.55. The molecule has 0 spiro atoms. The van der Waals surface area contributed by atoms with Crippen LogP contribution in [0.2, 0.25) is 5.02 Å². The fourth-order valence-corrected chi connectivity index (χ4v) is 5.50. The zero-order valence-electron chi connectivity index (χ0n) is 21.4. The topological polar surface area (TPSA) is 57.6 Å². The Hall–Kier alpha value is -4.03. The van der Waals surface area contributed by atoms with Crippen LogP contribution in [0.4, 0.5) is 16.2 Å². The molecule has 1 N–H and O–H groups in total. The molecule has 7 heteroatoms. The number of fused-ring (bicyclic) bond motifs is 3. The molecule has 2 heterocycles. The van der Waals surface area contributed by atoms with Crippen LogP contribution in [0.5, 0.6) is 0 Å². The van der Waals surface area contributed by atoms with Crippen molar-refractivity contribution in [2.24, 2.45) is 0 Å². The average Bonchev–Trinajstić information content (AvgIpc) is 3.64. The van der Waals surface area contributed by atoms with Crippen molar-refractivity contribution in [2.75, 3.05) is 16.8 Å². The average molecular weight is 525 g/mol. The summed E-state index contributed by atoms with van der Waals surface area (Å²) in [5, 5.41) is 3.67. The highest BCUT2D eigenvalue weighted by Gasteiger charge is 2.40. The predicted octanol–water partition coefficient (Wildman–Crippen LogP) is 6.88. The van der Waals surface area contributed by atoms with E-state index in [-0.39, 0.29) is 30.6 Å². The number of nitrogens with zero attached hydrogens (tertiary/aromatic N) is 3. The van der Waals surface area contributed by atoms with Crippen LogP contribution in [0.3, 0.4) is 0 Å². The highest BCUT2D eigenvalue weighted by atomic mass is 35.5. The minimum Gasteiger partial charge on any atom is -0.316 e. The molecule has 1 saturated carbocycles. The molecule has 0 radical (unpaired) electrons. The molecule has 0 saturated heterocycles. The zero-order valence-corrected chi connectivity index (χ0v) is 22.2. The van der Waals surface area contributed by atoms with E-state index in [2.05, 4.69) is 9.88 Å². The fraction of sp³-hybridized carbons (Fsp3) is 0.226. The van der Waals surface area contributed by atoms with Crippen molar-refractivity contribution >= 4 is 34.9 Å². The second-order valence-electron chi connectivity index (χ2n) is 10.0. The number of benzene rings is 3. The van der Waals surface area contributed by atoms with Gasteiger partial charge in [0.25, 0.3) is 0 Å². The van der Waals surface area contributed by atoms with Crippen molar-refractivity contribution < 1.29 is 9.59 Å². The van der Waals surface area contributed by atoms with Crippen LogP contribution in [-0.4, -0.2) is 34.0 Å². The maximum Gasteiger partial charge on any atom is 0.322 e. The van der Waals surface area contributed by atoms with Gasteiger partial charge in [0.2, 0.25) is 5.91 Å². The van der Waals surface area contributed by atoms with Gasteiger partial charge in [-0.05, 0) is 85.8 Å². The van der Waals surface area contributed by atoms with Gasteiger partial charge in [0.15, 0.2) is 0 Å². The van der Waals surface area contributed by atoms with Gasteiger partial charge in [-0.3, -0.25) is 9.69 Å². The Morgan fingerprint density at radius 2 is 1.71 bits per heavy atom. The van der Waals surface area contributed by atoms with E-state index in [0.29, 0.717) is 5.02 Å². The van der Waals surface area contributed by atoms with Gasteiger partial charge in [0, 0.05) is 22.9 Å². The standard InChI is InChI=1S/C31H29ClN4O2/c1-20-8-5-11-25(21(20)2)33-31(38)35(24-15-16-24)19-29(37)36-27-13-4-3-12-26(27)34-17-7-14-28(34)30(36)22-9-6-10-23(32)18-22/h3-14,17-18,24,30H,15-16,19H2,1-2H3,(H,33,38). The highest BCUT2D eigenvalue weighted by molar-refractivity contribution is 6.30. The van der Waals surface area contributed by atoms with Crippen LogP contribution in [0.1, 0.15) is 41.3 Å². The summed E-state index contributed by atoms with van der Waals surface area (Å²) in [7, 11) is 0. The molecule has 3 amide bonds. The number of rotatable bonds is 5. The summed E-state index contributed by atoms with van der Waals surface area (Å²) in [6, 6.07) is 24.8. The molecule has 4 aromatic rings. The van der Waals surface area contributed by atoms with Gasteiger partial charge < -0.3 is 14.8 Å². The molecule has 38 heavy (non-hydrogen) atoms. The number of amides is 3. The van der Waals surface area contributed by atoms with Crippen molar-refractivity contribution in [2.45, 2.75) is 38.8 Å². The Morgan fingerprint density at radius 3 is 2.47 bits per heavy atom.